The molecule has 4 nitrogen and oxygen atoms in total. The molecule has 1 heterocycles. The van der Waals surface area contributed by atoms with E-state index < -0.39 is 11.7 Å². The maximum atomic E-state index is 9.29. The standard InChI is InChI=1S/C13H15NO3/c1-13(16-7-8-17-13)12(9-14)10-3-5-11(15-2)6-4-10/h3-6,12H,7-8H2,1-2H3. The average Bonchev–Trinajstić information content (AvgIpc) is 2.78. The molecule has 0 saturated carbocycles. The van der Waals surface area contributed by atoms with Gasteiger partial charge in [-0.3, -0.25) is 0 Å². The van der Waals surface area contributed by atoms with Crippen molar-refractivity contribution in [3.05, 3.63) is 29.8 Å². The van der Waals surface area contributed by atoms with Crippen LogP contribution in [0.15, 0.2) is 24.3 Å². The molecule has 90 valence electrons. The van der Waals surface area contributed by atoms with E-state index in [4.69, 9.17) is 14.2 Å². The molecule has 2 rings (SSSR count). The van der Waals surface area contributed by atoms with Crippen molar-refractivity contribution in [1.82, 2.24) is 0 Å². The molecule has 1 saturated heterocycles. The van der Waals surface area contributed by atoms with Gasteiger partial charge in [-0.2, -0.15) is 5.26 Å². The van der Waals surface area contributed by atoms with Gasteiger partial charge in [-0.05, 0) is 24.6 Å². The molecule has 0 amide bonds. The van der Waals surface area contributed by atoms with E-state index in [1.807, 2.05) is 24.3 Å². The summed E-state index contributed by atoms with van der Waals surface area (Å²) < 4.78 is 16.1. The van der Waals surface area contributed by atoms with Crippen LogP contribution in [0.25, 0.3) is 0 Å². The smallest absolute Gasteiger partial charge is 0.185 e. The van der Waals surface area contributed by atoms with Gasteiger partial charge in [0.15, 0.2) is 5.79 Å². The zero-order valence-corrected chi connectivity index (χ0v) is 9.97. The van der Waals surface area contributed by atoms with Crippen molar-refractivity contribution < 1.29 is 14.2 Å². The minimum atomic E-state index is -0.844. The van der Waals surface area contributed by atoms with Gasteiger partial charge in [0.2, 0.25) is 0 Å². The highest BCUT2D eigenvalue weighted by atomic mass is 16.7. The summed E-state index contributed by atoms with van der Waals surface area (Å²) in [5, 5.41) is 9.29. The van der Waals surface area contributed by atoms with E-state index in [9.17, 15) is 5.26 Å². The first-order valence-corrected chi connectivity index (χ1v) is 5.51. The van der Waals surface area contributed by atoms with Gasteiger partial charge in [-0.25, -0.2) is 0 Å². The van der Waals surface area contributed by atoms with Crippen LogP contribution in [0.3, 0.4) is 0 Å². The van der Waals surface area contributed by atoms with Crippen molar-refractivity contribution in [3.63, 3.8) is 0 Å². The molecule has 1 aliphatic rings. The number of benzene rings is 1. The second kappa shape index (κ2) is 4.74. The van der Waals surface area contributed by atoms with Gasteiger partial charge in [0, 0.05) is 0 Å². The number of ether oxygens (including phenoxy) is 3. The van der Waals surface area contributed by atoms with E-state index in [-0.39, 0.29) is 0 Å². The SMILES string of the molecule is COc1ccc(C(C#N)C2(C)OCCO2)cc1. The Morgan fingerprint density at radius 3 is 2.35 bits per heavy atom. The van der Waals surface area contributed by atoms with Crippen LogP contribution in [0.5, 0.6) is 5.75 Å². The summed E-state index contributed by atoms with van der Waals surface area (Å²) in [5.74, 6) is -0.511. The second-order valence-corrected chi connectivity index (χ2v) is 4.05. The van der Waals surface area contributed by atoms with E-state index in [0.717, 1.165) is 11.3 Å². The van der Waals surface area contributed by atoms with Gasteiger partial charge < -0.3 is 14.2 Å². The van der Waals surface area contributed by atoms with Gasteiger partial charge in [-0.1, -0.05) is 12.1 Å². The molecule has 4 heteroatoms. The van der Waals surface area contributed by atoms with E-state index in [2.05, 4.69) is 6.07 Å². The minimum Gasteiger partial charge on any atom is -0.497 e. The fourth-order valence-electron chi connectivity index (χ4n) is 1.99. The normalized spacial score (nSPS) is 19.6. The van der Waals surface area contributed by atoms with Crippen molar-refractivity contribution in [1.29, 1.82) is 5.26 Å². The zero-order chi connectivity index (χ0) is 12.3. The molecule has 17 heavy (non-hydrogen) atoms. The molecule has 0 spiro atoms. The molecule has 1 aromatic rings. The fourth-order valence-corrected chi connectivity index (χ4v) is 1.99. The van der Waals surface area contributed by atoms with Crippen LogP contribution in [0.1, 0.15) is 18.4 Å². The molecule has 1 aliphatic heterocycles. The van der Waals surface area contributed by atoms with Crippen molar-refractivity contribution >= 4 is 0 Å². The summed E-state index contributed by atoms with van der Waals surface area (Å²) in [5.41, 5.74) is 0.873. The molecule has 1 fully saturated rings. The number of nitriles is 1. The lowest BCUT2D eigenvalue weighted by atomic mass is 9.93. The van der Waals surface area contributed by atoms with Crippen LogP contribution < -0.4 is 4.74 Å². The largest absolute Gasteiger partial charge is 0.497 e. The molecule has 0 N–H and O–H groups in total. The van der Waals surface area contributed by atoms with Crippen LogP contribution >= 0.6 is 0 Å². The molecule has 0 bridgehead atoms. The van der Waals surface area contributed by atoms with Gasteiger partial charge in [0.05, 0.1) is 26.4 Å². The zero-order valence-electron chi connectivity index (χ0n) is 9.97. The van der Waals surface area contributed by atoms with Crippen LogP contribution in [0, 0.1) is 11.3 Å². The number of hydrogen-bond donors (Lipinski definition) is 0. The first-order valence-electron chi connectivity index (χ1n) is 5.51. The highest BCUT2D eigenvalue weighted by Crippen LogP contribution is 2.35. The number of nitrogens with zero attached hydrogens (tertiary/aromatic N) is 1. The lowest BCUT2D eigenvalue weighted by Gasteiger charge is -2.27. The van der Waals surface area contributed by atoms with E-state index in [0.29, 0.717) is 13.2 Å². The Morgan fingerprint density at radius 1 is 1.29 bits per heavy atom. The number of rotatable bonds is 3. The Morgan fingerprint density at radius 2 is 1.88 bits per heavy atom. The van der Waals surface area contributed by atoms with Gasteiger partial charge >= 0.3 is 0 Å². The maximum absolute atomic E-state index is 9.29. The Balaban J connectivity index is 2.26. The van der Waals surface area contributed by atoms with Crippen molar-refractivity contribution in [2.75, 3.05) is 20.3 Å². The van der Waals surface area contributed by atoms with Gasteiger partial charge in [-0.15, -0.1) is 0 Å². The average molecular weight is 233 g/mol. The molecule has 0 radical (unpaired) electrons. The van der Waals surface area contributed by atoms with Gasteiger partial charge in [0.1, 0.15) is 11.7 Å². The Bertz CT molecular complexity index is 415. The second-order valence-electron chi connectivity index (χ2n) is 4.05. The van der Waals surface area contributed by atoms with E-state index in [1.54, 1.807) is 14.0 Å². The Kier molecular flexibility index (Phi) is 3.32. The lowest BCUT2D eigenvalue weighted by molar-refractivity contribution is -0.149. The first-order chi connectivity index (χ1) is 8.19. The molecular formula is C13H15NO3. The van der Waals surface area contributed by atoms with Crippen LogP contribution in [-0.2, 0) is 9.47 Å². The summed E-state index contributed by atoms with van der Waals surface area (Å²) in [6, 6.07) is 9.64. The van der Waals surface area contributed by atoms with Crippen LogP contribution in [-0.4, -0.2) is 26.1 Å². The lowest BCUT2D eigenvalue weighted by Crippen LogP contribution is -2.33. The van der Waals surface area contributed by atoms with Crippen LogP contribution in [0.2, 0.25) is 0 Å². The summed E-state index contributed by atoms with van der Waals surface area (Å²) in [4.78, 5) is 0. The molecular weight excluding hydrogens is 218 g/mol. The maximum Gasteiger partial charge on any atom is 0.185 e. The topological polar surface area (TPSA) is 51.5 Å². The molecule has 0 aromatic heterocycles. The summed E-state index contributed by atoms with van der Waals surface area (Å²) in [6.45, 7) is 2.87. The minimum absolute atomic E-state index is 0.434. The summed E-state index contributed by atoms with van der Waals surface area (Å²) in [7, 11) is 1.61. The number of hydrogen-bond acceptors (Lipinski definition) is 4. The molecule has 1 unspecified atom stereocenters. The highest BCUT2D eigenvalue weighted by molar-refractivity contribution is 5.33. The Hall–Kier alpha value is -1.57. The third-order valence-electron chi connectivity index (χ3n) is 2.96. The summed E-state index contributed by atoms with van der Waals surface area (Å²) in [6.07, 6.45) is 0. The number of methoxy groups -OCH3 is 1. The van der Waals surface area contributed by atoms with Crippen molar-refractivity contribution in [3.8, 4) is 11.8 Å². The molecule has 0 aliphatic carbocycles. The van der Waals surface area contributed by atoms with E-state index in [1.165, 1.54) is 0 Å². The third-order valence-corrected chi connectivity index (χ3v) is 2.96. The van der Waals surface area contributed by atoms with Crippen LogP contribution in [0.4, 0.5) is 0 Å². The van der Waals surface area contributed by atoms with Crippen molar-refractivity contribution in [2.24, 2.45) is 0 Å². The predicted molar refractivity (Wildman–Crippen MR) is 61.7 cm³/mol. The summed E-state index contributed by atoms with van der Waals surface area (Å²) >= 11 is 0. The highest BCUT2D eigenvalue weighted by Gasteiger charge is 2.41. The molecule has 1 aromatic carbocycles. The van der Waals surface area contributed by atoms with Crippen molar-refractivity contribution in [2.45, 2.75) is 18.6 Å². The quantitative estimate of drug-likeness (QED) is 0.802. The van der Waals surface area contributed by atoms with E-state index >= 15 is 0 Å². The Labute approximate surface area is 101 Å². The fraction of sp³-hybridized carbons (Fsp3) is 0.462. The predicted octanol–water partition coefficient (Wildman–Crippen LogP) is 2.07. The molecule has 1 atom stereocenters. The monoisotopic (exact) mass is 233 g/mol. The first kappa shape index (κ1) is 11.9. The third kappa shape index (κ3) is 2.26. The van der Waals surface area contributed by atoms with Gasteiger partial charge in [0.25, 0.3) is 0 Å².